The maximum atomic E-state index is 13.0. The SMILES string of the molecule is C=C[C@]1(C)C[C@@H](O)[C@]23C[C@@H]2CCC2(CCC(=O)C23)[C@@H](C)[C@@H]1OCOC. The summed E-state index contributed by atoms with van der Waals surface area (Å²) in [5.41, 5.74) is -0.525. The lowest BCUT2D eigenvalue weighted by atomic mass is 9.50. The highest BCUT2D eigenvalue weighted by atomic mass is 16.7. The minimum atomic E-state index is -0.451. The smallest absolute Gasteiger partial charge is 0.146 e. The number of ketones is 1. The molecule has 0 aliphatic heterocycles. The van der Waals surface area contributed by atoms with Crippen molar-refractivity contribution in [1.82, 2.24) is 0 Å². The molecule has 0 saturated heterocycles. The van der Waals surface area contributed by atoms with Gasteiger partial charge in [0.2, 0.25) is 0 Å². The summed E-state index contributed by atoms with van der Waals surface area (Å²) in [7, 11) is 1.64. The van der Waals surface area contributed by atoms with Crippen molar-refractivity contribution in [3.63, 3.8) is 0 Å². The van der Waals surface area contributed by atoms with Gasteiger partial charge in [0.15, 0.2) is 0 Å². The van der Waals surface area contributed by atoms with Gasteiger partial charge >= 0.3 is 0 Å². The number of Topliss-reactive ketones (excluding diaryl/α,β-unsaturated/α-hetero) is 1. The van der Waals surface area contributed by atoms with Crippen molar-refractivity contribution < 1.29 is 19.4 Å². The molecule has 4 rings (SSSR count). The molecule has 4 heteroatoms. The Balaban J connectivity index is 1.82. The first-order valence-corrected chi connectivity index (χ1v) is 9.80. The summed E-state index contributed by atoms with van der Waals surface area (Å²) in [6, 6.07) is 0. The van der Waals surface area contributed by atoms with Crippen LogP contribution >= 0.6 is 0 Å². The Morgan fingerprint density at radius 1 is 1.36 bits per heavy atom. The first-order chi connectivity index (χ1) is 11.9. The van der Waals surface area contributed by atoms with Crippen LogP contribution in [0, 0.1) is 34.0 Å². The molecule has 0 amide bonds. The number of carbonyl (C=O) groups is 1. The summed E-state index contributed by atoms with van der Waals surface area (Å²) in [4.78, 5) is 13.0. The minimum Gasteiger partial charge on any atom is -0.392 e. The predicted octanol–water partition coefficient (Wildman–Crippen LogP) is 3.33. The molecular formula is C21H32O4. The number of aliphatic hydroxyl groups is 1. The van der Waals surface area contributed by atoms with Crippen LogP contribution in [-0.2, 0) is 14.3 Å². The van der Waals surface area contributed by atoms with Crippen molar-refractivity contribution in [3.05, 3.63) is 12.7 Å². The van der Waals surface area contributed by atoms with Crippen LogP contribution in [-0.4, -0.2) is 37.0 Å². The largest absolute Gasteiger partial charge is 0.392 e. The van der Waals surface area contributed by atoms with Crippen LogP contribution in [0.5, 0.6) is 0 Å². The third-order valence-corrected chi connectivity index (χ3v) is 8.53. The van der Waals surface area contributed by atoms with Crippen molar-refractivity contribution >= 4 is 5.78 Å². The second-order valence-corrected chi connectivity index (χ2v) is 9.40. The van der Waals surface area contributed by atoms with Crippen LogP contribution < -0.4 is 0 Å². The van der Waals surface area contributed by atoms with Gasteiger partial charge in [0.1, 0.15) is 12.6 Å². The lowest BCUT2D eigenvalue weighted by Crippen LogP contribution is -2.57. The van der Waals surface area contributed by atoms with E-state index in [2.05, 4.69) is 20.4 Å². The normalized spacial score (nSPS) is 54.2. The van der Waals surface area contributed by atoms with Gasteiger partial charge in [-0.2, -0.15) is 0 Å². The summed E-state index contributed by atoms with van der Waals surface area (Å²) < 4.78 is 11.4. The van der Waals surface area contributed by atoms with E-state index in [4.69, 9.17) is 9.47 Å². The Morgan fingerprint density at radius 3 is 2.80 bits per heavy atom. The molecule has 2 unspecified atom stereocenters. The van der Waals surface area contributed by atoms with Gasteiger partial charge in [-0.05, 0) is 49.4 Å². The predicted molar refractivity (Wildman–Crippen MR) is 94.8 cm³/mol. The average Bonchev–Trinajstić information content (AvgIpc) is 3.25. The number of hydrogen-bond acceptors (Lipinski definition) is 4. The topological polar surface area (TPSA) is 55.8 Å². The number of ether oxygens (including phenoxy) is 2. The van der Waals surface area contributed by atoms with Crippen LogP contribution in [0.15, 0.2) is 12.7 Å². The summed E-state index contributed by atoms with van der Waals surface area (Å²) in [6.45, 7) is 8.73. The first-order valence-electron chi connectivity index (χ1n) is 9.80. The summed E-state index contributed by atoms with van der Waals surface area (Å²) in [5.74, 6) is 1.18. The highest BCUT2D eigenvalue weighted by Crippen LogP contribution is 2.77. The van der Waals surface area contributed by atoms with Crippen molar-refractivity contribution in [2.45, 2.75) is 64.6 Å². The van der Waals surface area contributed by atoms with E-state index in [9.17, 15) is 9.90 Å². The van der Waals surface area contributed by atoms with Crippen molar-refractivity contribution in [1.29, 1.82) is 0 Å². The van der Waals surface area contributed by atoms with E-state index in [1.54, 1.807) is 7.11 Å². The van der Waals surface area contributed by atoms with Gasteiger partial charge in [-0.3, -0.25) is 4.79 Å². The van der Waals surface area contributed by atoms with Crippen LogP contribution in [0.4, 0.5) is 0 Å². The number of carbonyl (C=O) groups excluding carboxylic acids is 1. The fourth-order valence-corrected chi connectivity index (χ4v) is 7.19. The van der Waals surface area contributed by atoms with E-state index in [1.807, 2.05) is 6.08 Å². The monoisotopic (exact) mass is 348 g/mol. The third kappa shape index (κ3) is 2.14. The van der Waals surface area contributed by atoms with E-state index < -0.39 is 6.10 Å². The molecule has 0 aromatic heterocycles. The van der Waals surface area contributed by atoms with Gasteiger partial charge in [0.25, 0.3) is 0 Å². The molecule has 8 atom stereocenters. The van der Waals surface area contributed by atoms with Gasteiger partial charge in [0, 0.05) is 30.3 Å². The number of aliphatic hydroxyl groups excluding tert-OH is 1. The maximum absolute atomic E-state index is 13.0. The van der Waals surface area contributed by atoms with Gasteiger partial charge in [-0.25, -0.2) is 0 Å². The van der Waals surface area contributed by atoms with Gasteiger partial charge < -0.3 is 14.6 Å². The molecule has 0 heterocycles. The van der Waals surface area contributed by atoms with E-state index in [-0.39, 0.29) is 41.0 Å². The van der Waals surface area contributed by atoms with E-state index in [1.165, 1.54) is 0 Å². The lowest BCUT2D eigenvalue weighted by Gasteiger charge is -2.56. The zero-order chi connectivity index (χ0) is 18.0. The average molecular weight is 348 g/mol. The molecule has 4 aliphatic carbocycles. The number of hydrogen-bond donors (Lipinski definition) is 1. The summed E-state index contributed by atoms with van der Waals surface area (Å²) in [6.07, 6.45) is 6.90. The van der Waals surface area contributed by atoms with Crippen molar-refractivity contribution in [2.75, 3.05) is 13.9 Å². The van der Waals surface area contributed by atoms with Crippen LogP contribution in [0.3, 0.4) is 0 Å². The first kappa shape index (κ1) is 17.7. The van der Waals surface area contributed by atoms with Crippen LogP contribution in [0.1, 0.15) is 52.4 Å². The molecule has 4 saturated carbocycles. The Morgan fingerprint density at radius 2 is 2.12 bits per heavy atom. The molecule has 4 nitrogen and oxygen atoms in total. The maximum Gasteiger partial charge on any atom is 0.146 e. The van der Waals surface area contributed by atoms with Gasteiger partial charge in [-0.15, -0.1) is 6.58 Å². The van der Waals surface area contributed by atoms with Crippen molar-refractivity contribution in [3.8, 4) is 0 Å². The Kier molecular flexibility index (Phi) is 3.99. The second kappa shape index (κ2) is 5.64. The molecule has 4 aliphatic rings. The highest BCUT2D eigenvalue weighted by molar-refractivity contribution is 5.86. The van der Waals surface area contributed by atoms with Gasteiger partial charge in [0.05, 0.1) is 12.2 Å². The van der Waals surface area contributed by atoms with E-state index in [0.717, 1.165) is 25.7 Å². The Labute approximate surface area is 151 Å². The molecule has 1 spiro atoms. The zero-order valence-corrected chi connectivity index (χ0v) is 15.8. The molecule has 25 heavy (non-hydrogen) atoms. The molecule has 0 aromatic rings. The standard InChI is InChI=1S/C21H32O4/c1-5-19(3)11-16(23)21-10-14(21)6-8-20(9-7-15(22)17(20)21)13(2)18(19)25-12-24-4/h5,13-14,16-18,23H,1,6-12H2,2-4H3/t13-,14-,16+,17?,18-,19+,20?,21-/m0/s1. The Hall–Kier alpha value is -0.710. The van der Waals surface area contributed by atoms with E-state index in [0.29, 0.717) is 24.5 Å². The molecular weight excluding hydrogens is 316 g/mol. The fraction of sp³-hybridized carbons (Fsp3) is 0.857. The second-order valence-electron chi connectivity index (χ2n) is 9.40. The van der Waals surface area contributed by atoms with E-state index >= 15 is 0 Å². The highest BCUT2D eigenvalue weighted by Gasteiger charge is 2.76. The summed E-state index contributed by atoms with van der Waals surface area (Å²) in [5, 5.41) is 11.3. The quantitative estimate of drug-likeness (QED) is 0.625. The van der Waals surface area contributed by atoms with Crippen molar-refractivity contribution in [2.24, 2.45) is 34.0 Å². The Bertz CT molecular complexity index is 588. The molecule has 4 fully saturated rings. The zero-order valence-electron chi connectivity index (χ0n) is 15.8. The number of rotatable bonds is 4. The number of methoxy groups -OCH3 is 1. The van der Waals surface area contributed by atoms with Crippen LogP contribution in [0.2, 0.25) is 0 Å². The third-order valence-electron chi connectivity index (χ3n) is 8.53. The summed E-state index contributed by atoms with van der Waals surface area (Å²) >= 11 is 0. The molecule has 140 valence electrons. The molecule has 0 aromatic carbocycles. The minimum absolute atomic E-state index is 0.0201. The lowest BCUT2D eigenvalue weighted by molar-refractivity contribution is -0.189. The molecule has 2 bridgehead atoms. The molecule has 0 radical (unpaired) electrons. The van der Waals surface area contributed by atoms with Gasteiger partial charge in [-0.1, -0.05) is 19.9 Å². The van der Waals surface area contributed by atoms with Crippen LogP contribution in [0.25, 0.3) is 0 Å². The molecule has 1 N–H and O–H groups in total. The fourth-order valence-electron chi connectivity index (χ4n) is 7.19.